The van der Waals surface area contributed by atoms with Crippen LogP contribution >= 0.6 is 0 Å². The highest BCUT2D eigenvalue weighted by Gasteiger charge is 2.28. The molecule has 26 heavy (non-hydrogen) atoms. The van der Waals surface area contributed by atoms with E-state index < -0.39 is 5.97 Å². The van der Waals surface area contributed by atoms with Crippen molar-refractivity contribution in [2.75, 3.05) is 31.1 Å². The Morgan fingerprint density at radius 1 is 1.31 bits per heavy atom. The van der Waals surface area contributed by atoms with E-state index in [-0.39, 0.29) is 18.4 Å². The normalized spacial score (nSPS) is 17.3. The number of benzene rings is 1. The zero-order valence-corrected chi connectivity index (χ0v) is 15.4. The zero-order valence-electron chi connectivity index (χ0n) is 15.4. The number of carbonyl (C=O) groups excluding carboxylic acids is 2. The highest BCUT2D eigenvalue weighted by atomic mass is 16.5. The third-order valence-corrected chi connectivity index (χ3v) is 4.74. The largest absolute Gasteiger partial charge is 0.465 e. The lowest BCUT2D eigenvalue weighted by Gasteiger charge is -2.33. The molecule has 1 aromatic carbocycles. The monoisotopic (exact) mass is 358 g/mol. The first-order chi connectivity index (χ1) is 12.6. The fourth-order valence-corrected chi connectivity index (χ4v) is 3.50. The predicted molar refractivity (Wildman–Crippen MR) is 100.0 cm³/mol. The average molecular weight is 358 g/mol. The topological polar surface area (TPSA) is 76.5 Å². The van der Waals surface area contributed by atoms with Crippen LogP contribution in [0.15, 0.2) is 24.3 Å². The van der Waals surface area contributed by atoms with Crippen molar-refractivity contribution in [2.45, 2.75) is 33.2 Å². The molecule has 0 saturated carbocycles. The van der Waals surface area contributed by atoms with Gasteiger partial charge < -0.3 is 19.5 Å². The first-order valence-electron chi connectivity index (χ1n) is 9.27. The maximum Gasteiger partial charge on any atom is 0.325 e. The first-order valence-corrected chi connectivity index (χ1v) is 9.27. The van der Waals surface area contributed by atoms with Crippen LogP contribution in [0.2, 0.25) is 0 Å². The molecule has 1 aliphatic heterocycles. The molecule has 1 N–H and O–H groups in total. The van der Waals surface area contributed by atoms with E-state index in [9.17, 15) is 9.59 Å². The molecule has 1 amide bonds. The molecule has 7 heteroatoms. The van der Waals surface area contributed by atoms with Gasteiger partial charge >= 0.3 is 5.97 Å². The van der Waals surface area contributed by atoms with E-state index in [1.807, 2.05) is 18.2 Å². The Bertz CT molecular complexity index is 786. The predicted octanol–water partition coefficient (Wildman–Crippen LogP) is 1.95. The molecule has 7 nitrogen and oxygen atoms in total. The van der Waals surface area contributed by atoms with E-state index in [0.29, 0.717) is 13.2 Å². The fourth-order valence-electron chi connectivity index (χ4n) is 3.50. The van der Waals surface area contributed by atoms with Gasteiger partial charge in [-0.25, -0.2) is 4.98 Å². The Kier molecular flexibility index (Phi) is 5.75. The number of amides is 1. The molecule has 3 rings (SSSR count). The van der Waals surface area contributed by atoms with Gasteiger partial charge in [-0.15, -0.1) is 0 Å². The minimum Gasteiger partial charge on any atom is -0.465 e. The molecule has 0 bridgehead atoms. The summed E-state index contributed by atoms with van der Waals surface area (Å²) in [5, 5.41) is 2.70. The number of aryl methyl sites for hydroxylation is 1. The van der Waals surface area contributed by atoms with Crippen LogP contribution in [0.1, 0.15) is 26.7 Å². The second-order valence-corrected chi connectivity index (χ2v) is 6.45. The van der Waals surface area contributed by atoms with E-state index in [4.69, 9.17) is 9.72 Å². The van der Waals surface area contributed by atoms with Crippen LogP contribution in [0, 0.1) is 5.92 Å². The van der Waals surface area contributed by atoms with Crippen LogP contribution in [0.4, 0.5) is 5.95 Å². The number of nitrogens with zero attached hydrogens (tertiary/aromatic N) is 3. The number of anilines is 1. The first kappa shape index (κ1) is 18.2. The van der Waals surface area contributed by atoms with Crippen molar-refractivity contribution in [3.8, 4) is 0 Å². The summed E-state index contributed by atoms with van der Waals surface area (Å²) in [6.45, 7) is 6.41. The molecule has 1 aliphatic rings. The lowest BCUT2D eigenvalue weighted by Crippen LogP contribution is -2.45. The summed E-state index contributed by atoms with van der Waals surface area (Å²) < 4.78 is 7.05. The van der Waals surface area contributed by atoms with Crippen LogP contribution in [0.3, 0.4) is 0 Å². The number of fused-ring (bicyclic) bond motifs is 1. The molecule has 0 spiro atoms. The average Bonchev–Trinajstić information content (AvgIpc) is 3.05. The maximum atomic E-state index is 12.4. The minimum absolute atomic E-state index is 0.0728. The number of esters is 1. The summed E-state index contributed by atoms with van der Waals surface area (Å²) in [5.41, 5.74) is 2.08. The Hall–Kier alpha value is -2.57. The van der Waals surface area contributed by atoms with Gasteiger partial charge in [-0.05, 0) is 38.8 Å². The number of para-hydroxylation sites is 2. The standard InChI is InChI=1S/C19H26N4O3/c1-3-23-16-10-6-5-9-15(16)21-19(23)22-11-7-8-14(13-22)18(25)20-12-17(24)26-4-2/h5-6,9-10,14H,3-4,7-8,11-13H2,1-2H3,(H,20,25). The molecule has 2 heterocycles. The number of hydrogen-bond donors (Lipinski definition) is 1. The summed E-state index contributed by atoms with van der Waals surface area (Å²) in [6, 6.07) is 8.09. The van der Waals surface area contributed by atoms with Gasteiger partial charge in [-0.2, -0.15) is 0 Å². The number of carbonyl (C=O) groups is 2. The lowest BCUT2D eigenvalue weighted by atomic mass is 9.97. The van der Waals surface area contributed by atoms with E-state index >= 15 is 0 Å². The van der Waals surface area contributed by atoms with Crippen molar-refractivity contribution in [3.05, 3.63) is 24.3 Å². The highest BCUT2D eigenvalue weighted by molar-refractivity contribution is 5.84. The number of hydrogen-bond acceptors (Lipinski definition) is 5. The molecule has 1 atom stereocenters. The van der Waals surface area contributed by atoms with Gasteiger partial charge in [-0.1, -0.05) is 12.1 Å². The number of nitrogens with one attached hydrogen (secondary N) is 1. The van der Waals surface area contributed by atoms with Gasteiger partial charge in [0, 0.05) is 19.6 Å². The number of imidazole rings is 1. The van der Waals surface area contributed by atoms with E-state index in [0.717, 1.165) is 42.9 Å². The van der Waals surface area contributed by atoms with Gasteiger partial charge in [-0.3, -0.25) is 9.59 Å². The molecule has 1 aromatic heterocycles. The van der Waals surface area contributed by atoms with Crippen LogP contribution in [-0.4, -0.2) is 47.7 Å². The van der Waals surface area contributed by atoms with Crippen LogP contribution in [-0.2, 0) is 20.9 Å². The summed E-state index contributed by atoms with van der Waals surface area (Å²) in [6.07, 6.45) is 1.74. The summed E-state index contributed by atoms with van der Waals surface area (Å²) in [4.78, 5) is 30.8. The maximum absolute atomic E-state index is 12.4. The van der Waals surface area contributed by atoms with E-state index in [1.165, 1.54) is 0 Å². The van der Waals surface area contributed by atoms with Crippen LogP contribution in [0.25, 0.3) is 11.0 Å². The van der Waals surface area contributed by atoms with Crippen molar-refractivity contribution in [1.29, 1.82) is 0 Å². The molecule has 2 aromatic rings. The lowest BCUT2D eigenvalue weighted by molar-refractivity contribution is -0.143. The van der Waals surface area contributed by atoms with Crippen molar-refractivity contribution < 1.29 is 14.3 Å². The van der Waals surface area contributed by atoms with Crippen LogP contribution < -0.4 is 10.2 Å². The fraction of sp³-hybridized carbons (Fsp3) is 0.526. The van der Waals surface area contributed by atoms with Gasteiger partial charge in [0.1, 0.15) is 6.54 Å². The van der Waals surface area contributed by atoms with Crippen molar-refractivity contribution in [2.24, 2.45) is 5.92 Å². The molecule has 0 aliphatic carbocycles. The third-order valence-electron chi connectivity index (χ3n) is 4.74. The number of aromatic nitrogens is 2. The zero-order chi connectivity index (χ0) is 18.5. The smallest absolute Gasteiger partial charge is 0.325 e. The van der Waals surface area contributed by atoms with Gasteiger partial charge in [0.15, 0.2) is 0 Å². The van der Waals surface area contributed by atoms with E-state index in [2.05, 4.69) is 27.8 Å². The molecular weight excluding hydrogens is 332 g/mol. The minimum atomic E-state index is -0.402. The Morgan fingerprint density at radius 3 is 2.88 bits per heavy atom. The second-order valence-electron chi connectivity index (χ2n) is 6.45. The van der Waals surface area contributed by atoms with E-state index in [1.54, 1.807) is 6.92 Å². The van der Waals surface area contributed by atoms with Crippen molar-refractivity contribution >= 4 is 28.9 Å². The Labute approximate surface area is 153 Å². The van der Waals surface area contributed by atoms with Crippen LogP contribution in [0.5, 0.6) is 0 Å². The Morgan fingerprint density at radius 2 is 2.12 bits per heavy atom. The highest BCUT2D eigenvalue weighted by Crippen LogP contribution is 2.27. The summed E-state index contributed by atoms with van der Waals surface area (Å²) in [5.74, 6) is 0.267. The molecule has 1 fully saturated rings. The third kappa shape index (κ3) is 3.81. The van der Waals surface area contributed by atoms with Crippen molar-refractivity contribution in [1.82, 2.24) is 14.9 Å². The SMILES string of the molecule is CCOC(=O)CNC(=O)C1CCCN(c2nc3ccccc3n2CC)C1. The summed E-state index contributed by atoms with van der Waals surface area (Å²) >= 11 is 0. The number of ether oxygens (including phenoxy) is 1. The Balaban J connectivity index is 1.70. The van der Waals surface area contributed by atoms with Gasteiger partial charge in [0.2, 0.25) is 11.9 Å². The summed E-state index contributed by atoms with van der Waals surface area (Å²) in [7, 11) is 0. The van der Waals surface area contributed by atoms with Crippen molar-refractivity contribution in [3.63, 3.8) is 0 Å². The second kappa shape index (κ2) is 8.21. The number of piperidine rings is 1. The quantitative estimate of drug-likeness (QED) is 0.799. The molecule has 1 saturated heterocycles. The van der Waals surface area contributed by atoms with Gasteiger partial charge in [0.05, 0.1) is 23.6 Å². The molecular formula is C19H26N4O3. The molecule has 1 unspecified atom stereocenters. The molecule has 140 valence electrons. The van der Waals surface area contributed by atoms with Gasteiger partial charge in [0.25, 0.3) is 0 Å². The molecule has 0 radical (unpaired) electrons. The number of rotatable bonds is 6.